The number of fused-ring (bicyclic) bond motifs is 3. The quantitative estimate of drug-likeness (QED) is 0.351. The highest BCUT2D eigenvalue weighted by Crippen LogP contribution is 2.34. The number of rotatable bonds is 1. The van der Waals surface area contributed by atoms with Crippen molar-refractivity contribution in [2.45, 2.75) is 0 Å². The summed E-state index contributed by atoms with van der Waals surface area (Å²) in [5.74, 6) is 0. The zero-order valence-corrected chi connectivity index (χ0v) is 14.1. The summed E-state index contributed by atoms with van der Waals surface area (Å²) in [6.07, 6.45) is 0. The van der Waals surface area contributed by atoms with Gasteiger partial charge in [-0.3, -0.25) is 0 Å². The van der Waals surface area contributed by atoms with E-state index < -0.39 is 0 Å². The summed E-state index contributed by atoms with van der Waals surface area (Å²) in [7, 11) is 0. The van der Waals surface area contributed by atoms with Crippen molar-refractivity contribution in [2.75, 3.05) is 0 Å². The van der Waals surface area contributed by atoms with Gasteiger partial charge in [0.1, 0.15) is 0 Å². The lowest BCUT2D eigenvalue weighted by Crippen LogP contribution is -1.92. The fourth-order valence-electron chi connectivity index (χ4n) is 2.70. The lowest BCUT2D eigenvalue weighted by atomic mass is 10.2. The molecule has 102 valence electrons. The molecule has 0 aliphatic heterocycles. The minimum Gasteiger partial charge on any atom is -0.309 e. The Morgan fingerprint density at radius 1 is 0.762 bits per heavy atom. The Bertz CT molecular complexity index is 990. The van der Waals surface area contributed by atoms with Crippen molar-refractivity contribution in [1.82, 2.24) is 4.57 Å². The van der Waals surface area contributed by atoms with Crippen LogP contribution >= 0.6 is 31.9 Å². The summed E-state index contributed by atoms with van der Waals surface area (Å²) < 4.78 is 19.9. The summed E-state index contributed by atoms with van der Waals surface area (Å²) in [6, 6.07) is 18.6. The van der Waals surface area contributed by atoms with Gasteiger partial charge in [0.05, 0.1) is 13.8 Å². The van der Waals surface area contributed by atoms with Crippen molar-refractivity contribution in [3.63, 3.8) is 0 Å². The number of benzene rings is 3. The van der Waals surface area contributed by atoms with Crippen molar-refractivity contribution in [3.8, 4) is 5.69 Å². The summed E-state index contributed by atoms with van der Waals surface area (Å²) >= 11 is 6.91. The molecule has 0 spiro atoms. The Hall–Kier alpha value is -1.58. The molecule has 4 aromatic rings. The average molecular weight is 403 g/mol. The van der Waals surface area contributed by atoms with Crippen LogP contribution in [0.3, 0.4) is 0 Å². The predicted octanol–water partition coefficient (Wildman–Crippen LogP) is 6.31. The lowest BCUT2D eigenvalue weighted by Gasteiger charge is -2.07. The summed E-state index contributed by atoms with van der Waals surface area (Å²) in [5.41, 5.74) is 2.96. The molecule has 1 heterocycles. The van der Waals surface area contributed by atoms with E-state index in [1.807, 2.05) is 54.6 Å². The van der Waals surface area contributed by atoms with Gasteiger partial charge in [-0.2, -0.15) is 0 Å². The maximum Gasteiger partial charge on any atom is 0.0635 e. The molecular formula is C18H11Br2N. The highest BCUT2D eigenvalue weighted by Gasteiger charge is 2.12. The topological polar surface area (TPSA) is 4.93 Å². The minimum absolute atomic E-state index is 0.447. The molecule has 0 radical (unpaired) electrons. The first-order chi connectivity index (χ1) is 11.1. The van der Waals surface area contributed by atoms with E-state index >= 15 is 0 Å². The Balaban J connectivity index is 2.25. The van der Waals surface area contributed by atoms with E-state index in [1.54, 1.807) is 0 Å². The minimum atomic E-state index is 0.447. The molecule has 0 unspecified atom stereocenters. The molecule has 1 nitrogen and oxygen atoms in total. The number of hydrogen-bond acceptors (Lipinski definition) is 0. The van der Waals surface area contributed by atoms with Gasteiger partial charge in [0, 0.05) is 25.4 Å². The second-order valence-electron chi connectivity index (χ2n) is 4.83. The predicted molar refractivity (Wildman–Crippen MR) is 96.2 cm³/mol. The van der Waals surface area contributed by atoms with E-state index in [4.69, 9.17) is 2.74 Å². The van der Waals surface area contributed by atoms with Gasteiger partial charge in [-0.05, 0) is 48.5 Å². The van der Waals surface area contributed by atoms with Crippen LogP contribution in [0.5, 0.6) is 0 Å². The standard InChI is InChI=1S/C18H11Br2N/c19-12-6-8-17-15(10-12)16-11-13(20)7-9-18(16)21(17)14-4-2-1-3-5-14/h1-11H/i6D,7D. The van der Waals surface area contributed by atoms with Gasteiger partial charge in [0.15, 0.2) is 0 Å². The molecule has 0 atom stereocenters. The molecule has 0 aliphatic rings. The third kappa shape index (κ3) is 2.12. The van der Waals surface area contributed by atoms with Gasteiger partial charge >= 0.3 is 0 Å². The maximum atomic E-state index is 8.11. The zero-order chi connectivity index (χ0) is 16.1. The normalized spacial score (nSPS) is 12.7. The third-order valence-electron chi connectivity index (χ3n) is 3.57. The molecule has 1 aromatic heterocycles. The largest absolute Gasteiger partial charge is 0.309 e. The third-order valence-corrected chi connectivity index (χ3v) is 4.49. The molecule has 0 fully saturated rings. The molecule has 0 saturated heterocycles. The van der Waals surface area contributed by atoms with E-state index in [9.17, 15) is 0 Å². The van der Waals surface area contributed by atoms with E-state index in [0.717, 1.165) is 36.4 Å². The van der Waals surface area contributed by atoms with E-state index in [0.29, 0.717) is 12.1 Å². The summed E-state index contributed by atoms with van der Waals surface area (Å²) in [6.45, 7) is 0. The molecule has 0 saturated carbocycles. The summed E-state index contributed by atoms with van der Waals surface area (Å²) in [4.78, 5) is 0. The maximum absolute atomic E-state index is 8.11. The number of aromatic nitrogens is 1. The number of nitrogens with zero attached hydrogens (tertiary/aromatic N) is 1. The first kappa shape index (κ1) is 11.0. The highest BCUT2D eigenvalue weighted by molar-refractivity contribution is 9.10. The van der Waals surface area contributed by atoms with Crippen molar-refractivity contribution < 1.29 is 2.74 Å². The van der Waals surface area contributed by atoms with Gasteiger partial charge in [-0.15, -0.1) is 0 Å². The molecule has 0 amide bonds. The zero-order valence-electron chi connectivity index (χ0n) is 12.9. The molecule has 3 heteroatoms. The van der Waals surface area contributed by atoms with Crippen molar-refractivity contribution in [2.24, 2.45) is 0 Å². The van der Waals surface area contributed by atoms with Crippen LogP contribution in [0.4, 0.5) is 0 Å². The van der Waals surface area contributed by atoms with Gasteiger partial charge in [-0.1, -0.05) is 50.1 Å². The van der Waals surface area contributed by atoms with E-state index in [-0.39, 0.29) is 0 Å². The van der Waals surface area contributed by atoms with Crippen LogP contribution in [0.25, 0.3) is 27.5 Å². The Labute approximate surface area is 142 Å². The first-order valence-corrected chi connectivity index (χ1v) is 8.10. The van der Waals surface area contributed by atoms with Crippen LogP contribution in [0.1, 0.15) is 2.74 Å². The van der Waals surface area contributed by atoms with E-state index in [1.165, 1.54) is 0 Å². The number of hydrogen-bond donors (Lipinski definition) is 0. The molecular weight excluding hydrogens is 390 g/mol. The van der Waals surface area contributed by atoms with Crippen LogP contribution in [0.2, 0.25) is 0 Å². The second kappa shape index (κ2) is 5.00. The number of halogens is 2. The van der Waals surface area contributed by atoms with Crippen LogP contribution in [-0.2, 0) is 0 Å². The van der Waals surface area contributed by atoms with Gasteiger partial charge in [0.25, 0.3) is 0 Å². The molecule has 21 heavy (non-hydrogen) atoms. The smallest absolute Gasteiger partial charge is 0.0635 e. The highest BCUT2D eigenvalue weighted by atomic mass is 79.9. The average Bonchev–Trinajstić information content (AvgIpc) is 2.82. The number of para-hydroxylation sites is 1. The van der Waals surface area contributed by atoms with Crippen LogP contribution in [0, 0.1) is 0 Å². The second-order valence-corrected chi connectivity index (χ2v) is 6.54. The molecule has 4 rings (SSSR count). The Morgan fingerprint density at radius 2 is 1.29 bits per heavy atom. The van der Waals surface area contributed by atoms with Crippen molar-refractivity contribution >= 4 is 53.7 Å². The van der Waals surface area contributed by atoms with Crippen LogP contribution in [-0.4, -0.2) is 4.57 Å². The first-order valence-electron chi connectivity index (χ1n) is 7.52. The fourth-order valence-corrected chi connectivity index (χ4v) is 3.39. The Kier molecular flexibility index (Phi) is 2.63. The van der Waals surface area contributed by atoms with Crippen molar-refractivity contribution in [1.29, 1.82) is 0 Å². The van der Waals surface area contributed by atoms with E-state index in [2.05, 4.69) is 36.4 Å². The van der Waals surface area contributed by atoms with Gasteiger partial charge in [-0.25, -0.2) is 0 Å². The fraction of sp³-hybridized carbons (Fsp3) is 0. The van der Waals surface area contributed by atoms with Crippen LogP contribution in [0.15, 0.2) is 75.6 Å². The van der Waals surface area contributed by atoms with Gasteiger partial charge < -0.3 is 4.57 Å². The molecule has 0 aliphatic carbocycles. The molecule has 0 bridgehead atoms. The Morgan fingerprint density at radius 3 is 1.81 bits per heavy atom. The van der Waals surface area contributed by atoms with Gasteiger partial charge in [0.2, 0.25) is 0 Å². The van der Waals surface area contributed by atoms with Crippen molar-refractivity contribution in [3.05, 3.63) is 75.6 Å². The summed E-state index contributed by atoms with van der Waals surface area (Å²) in [5, 5.41) is 2.12. The monoisotopic (exact) mass is 401 g/mol. The molecule has 0 N–H and O–H groups in total. The lowest BCUT2D eigenvalue weighted by molar-refractivity contribution is 1.18. The SMILES string of the molecule is [2H]c1cc2c(cc1Br)c1cc(Br)c([2H])cc1n2-c1ccccc1. The van der Waals surface area contributed by atoms with Crippen LogP contribution < -0.4 is 0 Å². The molecule has 3 aromatic carbocycles.